The van der Waals surface area contributed by atoms with E-state index in [0.29, 0.717) is 11.7 Å². The fraction of sp³-hybridized carbons (Fsp3) is 0.545. The number of hydrogen-bond donors (Lipinski definition) is 2. The van der Waals surface area contributed by atoms with Gasteiger partial charge in [-0.3, -0.25) is 4.79 Å². The van der Waals surface area contributed by atoms with Crippen LogP contribution in [-0.2, 0) is 4.79 Å². The largest absolute Gasteiger partial charge is 0.357 e. The molecule has 94 valence electrons. The van der Waals surface area contributed by atoms with Crippen LogP contribution >= 0.6 is 11.8 Å². The molecule has 0 atom stereocenters. The molecule has 0 saturated carbocycles. The third-order valence-electron chi connectivity index (χ3n) is 1.94. The summed E-state index contributed by atoms with van der Waals surface area (Å²) in [6, 6.07) is 0.169. The molecule has 1 amide bonds. The molecule has 0 fully saturated rings. The number of carbonyl (C=O) groups is 1. The summed E-state index contributed by atoms with van der Waals surface area (Å²) in [4.78, 5) is 19.9. The van der Waals surface area contributed by atoms with Crippen LogP contribution in [0.5, 0.6) is 0 Å². The van der Waals surface area contributed by atoms with Crippen molar-refractivity contribution in [2.45, 2.75) is 31.8 Å². The third-order valence-corrected chi connectivity index (χ3v) is 3.03. The van der Waals surface area contributed by atoms with Gasteiger partial charge in [0.15, 0.2) is 0 Å². The molecule has 2 N–H and O–H groups in total. The lowest BCUT2D eigenvalue weighted by molar-refractivity contribution is -0.119. The first-order chi connectivity index (χ1) is 8.02. The Morgan fingerprint density at radius 2 is 2.24 bits per heavy atom. The molecule has 1 aromatic rings. The average Bonchev–Trinajstić information content (AvgIpc) is 2.27. The molecule has 1 aromatic heterocycles. The summed E-state index contributed by atoms with van der Waals surface area (Å²) in [6.45, 7) is 5.82. The number of amides is 1. The minimum Gasteiger partial charge on any atom is -0.357 e. The smallest absolute Gasteiger partial charge is 0.230 e. The van der Waals surface area contributed by atoms with Gasteiger partial charge in [-0.1, -0.05) is 11.8 Å². The van der Waals surface area contributed by atoms with Crippen LogP contribution in [0.4, 0.5) is 5.95 Å². The van der Waals surface area contributed by atoms with E-state index in [2.05, 4.69) is 20.6 Å². The molecule has 0 radical (unpaired) electrons. The molecule has 17 heavy (non-hydrogen) atoms. The highest BCUT2D eigenvalue weighted by atomic mass is 32.2. The molecule has 0 aliphatic rings. The van der Waals surface area contributed by atoms with Gasteiger partial charge in [-0.05, 0) is 26.3 Å². The quantitative estimate of drug-likeness (QED) is 0.615. The van der Waals surface area contributed by atoms with E-state index >= 15 is 0 Å². The zero-order valence-corrected chi connectivity index (χ0v) is 11.4. The van der Waals surface area contributed by atoms with Gasteiger partial charge in [0, 0.05) is 19.3 Å². The van der Waals surface area contributed by atoms with Crippen molar-refractivity contribution < 1.29 is 4.79 Å². The summed E-state index contributed by atoms with van der Waals surface area (Å²) in [5.41, 5.74) is 0.978. The molecule has 1 rings (SSSR count). The van der Waals surface area contributed by atoms with E-state index in [1.807, 2.05) is 20.8 Å². The normalized spacial score (nSPS) is 10.4. The summed E-state index contributed by atoms with van der Waals surface area (Å²) in [6.07, 6.45) is 1.75. The van der Waals surface area contributed by atoms with Gasteiger partial charge in [0.1, 0.15) is 5.03 Å². The second kappa shape index (κ2) is 6.44. The maximum absolute atomic E-state index is 11.5. The summed E-state index contributed by atoms with van der Waals surface area (Å²) >= 11 is 1.42. The number of thioether (sulfide) groups is 1. The van der Waals surface area contributed by atoms with Gasteiger partial charge in [0.05, 0.1) is 5.75 Å². The van der Waals surface area contributed by atoms with Crippen molar-refractivity contribution in [3.8, 4) is 0 Å². The maximum atomic E-state index is 11.5. The Labute approximate surface area is 106 Å². The number of anilines is 1. The Kier molecular flexibility index (Phi) is 5.21. The molecular formula is C11H18N4OS. The predicted molar refractivity (Wildman–Crippen MR) is 70.3 cm³/mol. The SMILES string of the molecule is CNc1ncc(C)c(SCC(=O)NC(C)C)n1. The molecule has 0 aliphatic heterocycles. The molecule has 0 aromatic carbocycles. The minimum absolute atomic E-state index is 0.0222. The molecule has 0 spiro atoms. The Morgan fingerprint density at radius 3 is 2.82 bits per heavy atom. The number of carbonyl (C=O) groups excluding carboxylic acids is 1. The summed E-state index contributed by atoms with van der Waals surface area (Å²) in [5.74, 6) is 0.968. The van der Waals surface area contributed by atoms with E-state index in [-0.39, 0.29) is 11.9 Å². The zero-order chi connectivity index (χ0) is 12.8. The number of nitrogens with zero attached hydrogens (tertiary/aromatic N) is 2. The highest BCUT2D eigenvalue weighted by Gasteiger charge is 2.08. The number of aryl methyl sites for hydroxylation is 1. The van der Waals surface area contributed by atoms with E-state index in [9.17, 15) is 4.79 Å². The number of aromatic nitrogens is 2. The number of nitrogens with one attached hydrogen (secondary N) is 2. The standard InChI is InChI=1S/C11H18N4OS/c1-7(2)14-9(16)6-17-10-8(3)5-13-11(12-4)15-10/h5,7H,6H2,1-4H3,(H,14,16)(H,12,13,15). The van der Waals surface area contributed by atoms with Crippen LogP contribution in [0.1, 0.15) is 19.4 Å². The van der Waals surface area contributed by atoms with Crippen LogP contribution in [-0.4, -0.2) is 34.7 Å². The molecule has 0 bridgehead atoms. The third kappa shape index (κ3) is 4.60. The van der Waals surface area contributed by atoms with Crippen LogP contribution in [0.15, 0.2) is 11.2 Å². The topological polar surface area (TPSA) is 66.9 Å². The van der Waals surface area contributed by atoms with Crippen molar-refractivity contribution in [3.05, 3.63) is 11.8 Å². The fourth-order valence-electron chi connectivity index (χ4n) is 1.19. The summed E-state index contributed by atoms with van der Waals surface area (Å²) < 4.78 is 0. The van der Waals surface area contributed by atoms with Crippen LogP contribution in [0.25, 0.3) is 0 Å². The zero-order valence-electron chi connectivity index (χ0n) is 10.6. The van der Waals surface area contributed by atoms with Gasteiger partial charge in [0.25, 0.3) is 0 Å². The van der Waals surface area contributed by atoms with Crippen molar-refractivity contribution in [2.24, 2.45) is 0 Å². The second-order valence-electron chi connectivity index (χ2n) is 3.94. The maximum Gasteiger partial charge on any atom is 0.230 e. The van der Waals surface area contributed by atoms with Gasteiger partial charge < -0.3 is 10.6 Å². The Hall–Kier alpha value is -1.30. The van der Waals surface area contributed by atoms with Gasteiger partial charge in [-0.2, -0.15) is 0 Å². The Morgan fingerprint density at radius 1 is 1.53 bits per heavy atom. The van der Waals surface area contributed by atoms with Crippen molar-refractivity contribution in [1.82, 2.24) is 15.3 Å². The van der Waals surface area contributed by atoms with Crippen LogP contribution in [0.2, 0.25) is 0 Å². The summed E-state index contributed by atoms with van der Waals surface area (Å²) in [5, 5.41) is 6.56. The van der Waals surface area contributed by atoms with Crippen molar-refractivity contribution >= 4 is 23.6 Å². The number of rotatable bonds is 5. The second-order valence-corrected chi connectivity index (χ2v) is 4.91. The minimum atomic E-state index is 0.0222. The Balaban J connectivity index is 2.59. The van der Waals surface area contributed by atoms with Crippen molar-refractivity contribution in [2.75, 3.05) is 18.1 Å². The highest BCUT2D eigenvalue weighted by Crippen LogP contribution is 2.20. The van der Waals surface area contributed by atoms with E-state index in [1.165, 1.54) is 11.8 Å². The molecule has 1 heterocycles. The Bertz CT molecular complexity index is 395. The number of hydrogen-bond acceptors (Lipinski definition) is 5. The molecular weight excluding hydrogens is 236 g/mol. The summed E-state index contributed by atoms with van der Waals surface area (Å²) in [7, 11) is 1.77. The first kappa shape index (κ1) is 13.8. The van der Waals surface area contributed by atoms with Crippen molar-refractivity contribution in [3.63, 3.8) is 0 Å². The highest BCUT2D eigenvalue weighted by molar-refractivity contribution is 7.99. The predicted octanol–water partition coefficient (Wildman–Crippen LogP) is 1.44. The lowest BCUT2D eigenvalue weighted by atomic mass is 10.4. The van der Waals surface area contributed by atoms with Gasteiger partial charge >= 0.3 is 0 Å². The van der Waals surface area contributed by atoms with Gasteiger partial charge in [-0.25, -0.2) is 9.97 Å². The molecule has 5 nitrogen and oxygen atoms in total. The van der Waals surface area contributed by atoms with Gasteiger partial charge in [-0.15, -0.1) is 0 Å². The van der Waals surface area contributed by atoms with Crippen LogP contribution in [0.3, 0.4) is 0 Å². The molecule has 0 unspecified atom stereocenters. The first-order valence-electron chi connectivity index (χ1n) is 5.46. The molecule has 0 aliphatic carbocycles. The molecule has 6 heteroatoms. The van der Waals surface area contributed by atoms with E-state index in [4.69, 9.17) is 0 Å². The average molecular weight is 254 g/mol. The van der Waals surface area contributed by atoms with E-state index in [1.54, 1.807) is 13.2 Å². The lowest BCUT2D eigenvalue weighted by Gasteiger charge is -2.09. The van der Waals surface area contributed by atoms with Crippen LogP contribution in [0, 0.1) is 6.92 Å². The van der Waals surface area contributed by atoms with Gasteiger partial charge in [0.2, 0.25) is 11.9 Å². The lowest BCUT2D eigenvalue weighted by Crippen LogP contribution is -2.31. The first-order valence-corrected chi connectivity index (χ1v) is 6.45. The van der Waals surface area contributed by atoms with Crippen LogP contribution < -0.4 is 10.6 Å². The van der Waals surface area contributed by atoms with E-state index in [0.717, 1.165) is 10.6 Å². The van der Waals surface area contributed by atoms with Crippen molar-refractivity contribution in [1.29, 1.82) is 0 Å². The fourth-order valence-corrected chi connectivity index (χ4v) is 1.97. The molecule has 0 saturated heterocycles. The monoisotopic (exact) mass is 254 g/mol. The van der Waals surface area contributed by atoms with E-state index < -0.39 is 0 Å².